The quantitative estimate of drug-likeness (QED) is 0.704. The number of thiophene rings is 1. The number of nitrogen functional groups attached to an aromatic ring is 1. The highest BCUT2D eigenvalue weighted by molar-refractivity contribution is 7.10. The molecule has 1 aliphatic heterocycles. The number of nitrogens with zero attached hydrogens (tertiary/aromatic N) is 1. The lowest BCUT2D eigenvalue weighted by atomic mass is 10.2. The number of rotatable bonds is 2. The van der Waals surface area contributed by atoms with Crippen molar-refractivity contribution in [1.29, 1.82) is 0 Å². The minimum Gasteiger partial charge on any atom is -0.398 e. The second-order valence-electron chi connectivity index (χ2n) is 3.19. The number of anilines is 1. The van der Waals surface area contributed by atoms with Crippen molar-refractivity contribution in [2.45, 2.75) is 12.6 Å². The number of hydrogen-bond donors (Lipinski definition) is 2. The second-order valence-corrected chi connectivity index (χ2v) is 4.19. The fraction of sp³-hybridized carbons (Fsp3) is 0.500. The lowest BCUT2D eigenvalue weighted by Crippen LogP contribution is -2.49. The summed E-state index contributed by atoms with van der Waals surface area (Å²) >= 11 is 1.68. The molecule has 1 aliphatic rings. The van der Waals surface area contributed by atoms with Crippen LogP contribution in [0.3, 0.4) is 0 Å². The van der Waals surface area contributed by atoms with E-state index in [0.717, 1.165) is 25.3 Å². The number of aliphatic hydroxyl groups is 1. The number of likely N-dealkylation sites (tertiary alicyclic amines) is 1. The predicted molar refractivity (Wildman–Crippen MR) is 50.0 cm³/mol. The van der Waals surface area contributed by atoms with Gasteiger partial charge in [0.1, 0.15) is 0 Å². The van der Waals surface area contributed by atoms with Gasteiger partial charge >= 0.3 is 0 Å². The Balaban J connectivity index is 1.88. The van der Waals surface area contributed by atoms with Gasteiger partial charge in [-0.25, -0.2) is 0 Å². The van der Waals surface area contributed by atoms with Gasteiger partial charge in [-0.3, -0.25) is 4.90 Å². The molecule has 0 radical (unpaired) electrons. The zero-order chi connectivity index (χ0) is 8.55. The lowest BCUT2D eigenvalue weighted by molar-refractivity contribution is -0.00228. The smallest absolute Gasteiger partial charge is 0.0794 e. The standard InChI is InChI=1S/C8H12N2OS/c9-6-1-8(12-5-6)4-10-2-7(11)3-10/h1,5,7,11H,2-4,9H2. The molecule has 3 nitrogen and oxygen atoms in total. The Bertz CT molecular complexity index is 268. The lowest BCUT2D eigenvalue weighted by Gasteiger charge is -2.35. The summed E-state index contributed by atoms with van der Waals surface area (Å²) in [6, 6.07) is 2.00. The van der Waals surface area contributed by atoms with Gasteiger partial charge in [-0.1, -0.05) is 0 Å². The van der Waals surface area contributed by atoms with E-state index in [9.17, 15) is 0 Å². The summed E-state index contributed by atoms with van der Waals surface area (Å²) in [4.78, 5) is 3.48. The van der Waals surface area contributed by atoms with Gasteiger partial charge in [0.25, 0.3) is 0 Å². The van der Waals surface area contributed by atoms with Crippen molar-refractivity contribution in [3.05, 3.63) is 16.3 Å². The normalized spacial score (nSPS) is 19.4. The summed E-state index contributed by atoms with van der Waals surface area (Å²) in [5.41, 5.74) is 6.43. The molecule has 4 heteroatoms. The van der Waals surface area contributed by atoms with Gasteiger partial charge in [-0.05, 0) is 6.07 Å². The van der Waals surface area contributed by atoms with Gasteiger partial charge in [-0.15, -0.1) is 11.3 Å². The maximum atomic E-state index is 9.04. The molecule has 1 saturated heterocycles. The zero-order valence-electron chi connectivity index (χ0n) is 6.73. The highest BCUT2D eigenvalue weighted by Crippen LogP contribution is 2.20. The molecular weight excluding hydrogens is 172 g/mol. The largest absolute Gasteiger partial charge is 0.398 e. The second kappa shape index (κ2) is 3.05. The van der Waals surface area contributed by atoms with Crippen molar-refractivity contribution in [3.63, 3.8) is 0 Å². The van der Waals surface area contributed by atoms with E-state index >= 15 is 0 Å². The first-order valence-corrected chi connectivity index (χ1v) is 4.85. The van der Waals surface area contributed by atoms with E-state index in [1.807, 2.05) is 11.4 Å². The molecule has 0 aromatic carbocycles. The van der Waals surface area contributed by atoms with E-state index in [4.69, 9.17) is 10.8 Å². The Hall–Kier alpha value is -0.580. The molecule has 0 spiro atoms. The molecular formula is C8H12N2OS. The molecule has 1 aromatic heterocycles. The Labute approximate surface area is 75.4 Å². The van der Waals surface area contributed by atoms with Crippen LogP contribution in [0.4, 0.5) is 5.69 Å². The van der Waals surface area contributed by atoms with E-state index in [1.54, 1.807) is 11.3 Å². The van der Waals surface area contributed by atoms with Crippen LogP contribution in [-0.4, -0.2) is 29.2 Å². The molecule has 0 unspecified atom stereocenters. The Kier molecular flexibility index (Phi) is 2.04. The van der Waals surface area contributed by atoms with Crippen LogP contribution in [0, 0.1) is 0 Å². The van der Waals surface area contributed by atoms with Crippen molar-refractivity contribution < 1.29 is 5.11 Å². The van der Waals surface area contributed by atoms with Crippen LogP contribution >= 0.6 is 11.3 Å². The number of aliphatic hydroxyl groups excluding tert-OH is 1. The first-order valence-electron chi connectivity index (χ1n) is 3.97. The summed E-state index contributed by atoms with van der Waals surface area (Å²) in [7, 11) is 0. The predicted octanol–water partition coefficient (Wildman–Crippen LogP) is 0.507. The van der Waals surface area contributed by atoms with Crippen molar-refractivity contribution in [2.75, 3.05) is 18.8 Å². The molecule has 66 valence electrons. The fourth-order valence-electron chi connectivity index (χ4n) is 1.37. The van der Waals surface area contributed by atoms with Crippen molar-refractivity contribution in [2.24, 2.45) is 0 Å². The molecule has 2 rings (SSSR count). The molecule has 3 N–H and O–H groups in total. The molecule has 0 saturated carbocycles. The summed E-state index contributed by atoms with van der Waals surface area (Å²) in [6.07, 6.45) is -0.109. The monoisotopic (exact) mass is 184 g/mol. The molecule has 0 aliphatic carbocycles. The Morgan fingerprint density at radius 2 is 2.42 bits per heavy atom. The van der Waals surface area contributed by atoms with E-state index in [2.05, 4.69) is 4.90 Å². The highest BCUT2D eigenvalue weighted by atomic mass is 32.1. The van der Waals surface area contributed by atoms with Crippen molar-refractivity contribution in [1.82, 2.24) is 4.90 Å². The summed E-state index contributed by atoms with van der Waals surface area (Å²) in [5, 5.41) is 11.0. The zero-order valence-corrected chi connectivity index (χ0v) is 7.55. The third-order valence-electron chi connectivity index (χ3n) is 1.99. The third-order valence-corrected chi connectivity index (χ3v) is 2.93. The van der Waals surface area contributed by atoms with Gasteiger partial charge in [0, 0.05) is 35.6 Å². The van der Waals surface area contributed by atoms with Gasteiger partial charge in [0.15, 0.2) is 0 Å². The number of β-amino-alcohol motifs (C(OH)–C–C–N with tert-alkyl or cyclic N) is 1. The topological polar surface area (TPSA) is 49.5 Å². The number of nitrogens with two attached hydrogens (primary N) is 1. The maximum absolute atomic E-state index is 9.04. The van der Waals surface area contributed by atoms with Crippen molar-refractivity contribution >= 4 is 17.0 Å². The van der Waals surface area contributed by atoms with E-state index < -0.39 is 0 Å². The number of hydrogen-bond acceptors (Lipinski definition) is 4. The minimum absolute atomic E-state index is 0.109. The molecule has 12 heavy (non-hydrogen) atoms. The highest BCUT2D eigenvalue weighted by Gasteiger charge is 2.24. The van der Waals surface area contributed by atoms with Crippen LogP contribution in [0.5, 0.6) is 0 Å². The van der Waals surface area contributed by atoms with Crippen LogP contribution in [0.2, 0.25) is 0 Å². The van der Waals surface area contributed by atoms with Crippen molar-refractivity contribution in [3.8, 4) is 0 Å². The van der Waals surface area contributed by atoms with Crippen LogP contribution in [0.15, 0.2) is 11.4 Å². The molecule has 1 fully saturated rings. The average molecular weight is 184 g/mol. The van der Waals surface area contributed by atoms with Crippen LogP contribution in [-0.2, 0) is 6.54 Å². The average Bonchev–Trinajstić information content (AvgIpc) is 2.33. The van der Waals surface area contributed by atoms with Crippen LogP contribution < -0.4 is 5.73 Å². The van der Waals surface area contributed by atoms with Crippen LogP contribution in [0.1, 0.15) is 4.88 Å². The summed E-state index contributed by atoms with van der Waals surface area (Å²) < 4.78 is 0. The SMILES string of the molecule is Nc1csc(CN2CC(O)C2)c1. The Morgan fingerprint density at radius 3 is 2.92 bits per heavy atom. The van der Waals surface area contributed by atoms with Gasteiger partial charge < -0.3 is 10.8 Å². The Morgan fingerprint density at radius 1 is 1.67 bits per heavy atom. The van der Waals surface area contributed by atoms with Gasteiger partial charge in [0.05, 0.1) is 6.10 Å². The van der Waals surface area contributed by atoms with Crippen LogP contribution in [0.25, 0.3) is 0 Å². The van der Waals surface area contributed by atoms with E-state index in [0.29, 0.717) is 0 Å². The molecule has 0 bridgehead atoms. The van der Waals surface area contributed by atoms with E-state index in [1.165, 1.54) is 4.88 Å². The first-order chi connectivity index (χ1) is 5.74. The van der Waals surface area contributed by atoms with Gasteiger partial charge in [-0.2, -0.15) is 0 Å². The molecule has 0 amide bonds. The fourth-order valence-corrected chi connectivity index (χ4v) is 2.19. The third kappa shape index (κ3) is 1.60. The molecule has 1 aromatic rings. The summed E-state index contributed by atoms with van der Waals surface area (Å²) in [5.74, 6) is 0. The maximum Gasteiger partial charge on any atom is 0.0794 e. The van der Waals surface area contributed by atoms with Gasteiger partial charge in [0.2, 0.25) is 0 Å². The molecule has 0 atom stereocenters. The minimum atomic E-state index is -0.109. The molecule has 2 heterocycles. The summed E-state index contributed by atoms with van der Waals surface area (Å²) in [6.45, 7) is 2.54. The first kappa shape index (κ1) is 8.04. The van der Waals surface area contributed by atoms with E-state index in [-0.39, 0.29) is 6.10 Å².